The molecule has 1 aromatic rings. The molecule has 5 nitrogen and oxygen atoms in total. The minimum absolute atomic E-state index is 0.0265. The van der Waals surface area contributed by atoms with Crippen LogP contribution in [0.25, 0.3) is 0 Å². The van der Waals surface area contributed by atoms with Crippen LogP contribution in [0, 0.1) is 5.92 Å². The van der Waals surface area contributed by atoms with Gasteiger partial charge in [0.25, 0.3) is 5.91 Å². The Balaban J connectivity index is 1.89. The quantitative estimate of drug-likeness (QED) is 0.644. The molecular weight excluding hydrogens is 300 g/mol. The van der Waals surface area contributed by atoms with Crippen LogP contribution in [0.5, 0.6) is 0 Å². The molecule has 2 rings (SSSR count). The van der Waals surface area contributed by atoms with Gasteiger partial charge in [-0.15, -0.1) is 0 Å². The molecule has 1 fully saturated rings. The number of nitrogens with zero attached hydrogens (tertiary/aromatic N) is 2. The summed E-state index contributed by atoms with van der Waals surface area (Å²) in [5.41, 5.74) is 7.84. The number of carbonyl (C=O) groups is 1. The zero-order valence-corrected chi connectivity index (χ0v) is 15.1. The second-order valence-corrected chi connectivity index (χ2v) is 6.82. The number of amides is 1. The maximum Gasteiger partial charge on any atom is 0.251 e. The third-order valence-corrected chi connectivity index (χ3v) is 4.74. The molecule has 1 aliphatic rings. The summed E-state index contributed by atoms with van der Waals surface area (Å²) in [5, 5.41) is 2.97. The van der Waals surface area contributed by atoms with Crippen molar-refractivity contribution in [3.05, 3.63) is 35.4 Å². The van der Waals surface area contributed by atoms with E-state index in [0.717, 1.165) is 31.0 Å². The number of carbonyl (C=O) groups excluding carboxylic acids is 1. The van der Waals surface area contributed by atoms with Crippen LogP contribution in [0.3, 0.4) is 0 Å². The maximum atomic E-state index is 12.1. The van der Waals surface area contributed by atoms with Crippen molar-refractivity contribution >= 4 is 11.9 Å². The van der Waals surface area contributed by atoms with Gasteiger partial charge in [-0.3, -0.25) is 4.79 Å². The summed E-state index contributed by atoms with van der Waals surface area (Å²) in [4.78, 5) is 18.7. The van der Waals surface area contributed by atoms with Gasteiger partial charge in [0.2, 0.25) is 0 Å². The molecule has 132 valence electrons. The first-order chi connectivity index (χ1) is 11.5. The number of hydrogen-bond acceptors (Lipinski definition) is 2. The molecule has 1 atom stereocenters. The number of benzene rings is 1. The molecule has 0 aliphatic carbocycles. The third kappa shape index (κ3) is 5.25. The summed E-state index contributed by atoms with van der Waals surface area (Å²) in [6.07, 6.45) is 3.28. The fourth-order valence-electron chi connectivity index (χ4n) is 2.68. The topological polar surface area (TPSA) is 70.7 Å². The highest BCUT2D eigenvalue weighted by atomic mass is 16.1. The zero-order valence-electron chi connectivity index (χ0n) is 15.1. The van der Waals surface area contributed by atoms with Gasteiger partial charge in [0.15, 0.2) is 5.96 Å². The maximum absolute atomic E-state index is 12.1. The van der Waals surface area contributed by atoms with E-state index in [2.05, 4.69) is 29.1 Å². The van der Waals surface area contributed by atoms with Gasteiger partial charge < -0.3 is 16.0 Å². The van der Waals surface area contributed by atoms with Gasteiger partial charge in [-0.2, -0.15) is 0 Å². The summed E-state index contributed by atoms with van der Waals surface area (Å²) in [6.45, 7) is 8.87. The normalized spacial score (nSPS) is 17.6. The Morgan fingerprint density at radius 3 is 2.54 bits per heavy atom. The highest BCUT2D eigenvalue weighted by Crippen LogP contribution is 2.15. The Hall–Kier alpha value is -2.04. The minimum Gasteiger partial charge on any atom is -0.370 e. The Bertz CT molecular complexity index is 559. The largest absolute Gasteiger partial charge is 0.370 e. The Labute approximate surface area is 145 Å². The smallest absolute Gasteiger partial charge is 0.251 e. The molecule has 0 bridgehead atoms. The van der Waals surface area contributed by atoms with Crippen LogP contribution in [-0.2, 0) is 6.54 Å². The fraction of sp³-hybridized carbons (Fsp3) is 0.579. The third-order valence-electron chi connectivity index (χ3n) is 4.74. The number of rotatable bonds is 5. The van der Waals surface area contributed by atoms with Crippen molar-refractivity contribution in [3.8, 4) is 0 Å². The van der Waals surface area contributed by atoms with Gasteiger partial charge in [-0.1, -0.05) is 26.0 Å². The van der Waals surface area contributed by atoms with Gasteiger partial charge in [0, 0.05) is 24.7 Å². The van der Waals surface area contributed by atoms with Crippen molar-refractivity contribution in [2.75, 3.05) is 13.1 Å². The number of aliphatic imine (C=N–C) groups is 1. The Kier molecular flexibility index (Phi) is 6.64. The molecule has 1 amide bonds. The second kappa shape index (κ2) is 8.71. The van der Waals surface area contributed by atoms with E-state index in [0.29, 0.717) is 18.1 Å². The number of nitrogens with two attached hydrogens (primary N) is 1. The predicted molar refractivity (Wildman–Crippen MR) is 99.0 cm³/mol. The fourth-order valence-corrected chi connectivity index (χ4v) is 2.68. The van der Waals surface area contributed by atoms with Crippen LogP contribution in [0.2, 0.25) is 0 Å². The summed E-state index contributed by atoms with van der Waals surface area (Å²) >= 11 is 0. The molecule has 5 heteroatoms. The monoisotopic (exact) mass is 330 g/mol. The van der Waals surface area contributed by atoms with E-state index in [1.165, 1.54) is 12.8 Å². The van der Waals surface area contributed by atoms with E-state index in [1.54, 1.807) is 0 Å². The molecule has 3 N–H and O–H groups in total. The van der Waals surface area contributed by atoms with Gasteiger partial charge in [0.05, 0.1) is 6.54 Å². The first kappa shape index (κ1) is 18.3. The lowest BCUT2D eigenvalue weighted by atomic mass is 10.00. The van der Waals surface area contributed by atoms with Crippen LogP contribution in [0.15, 0.2) is 29.3 Å². The van der Waals surface area contributed by atoms with Crippen LogP contribution >= 0.6 is 0 Å². The predicted octanol–water partition coefficient (Wildman–Crippen LogP) is 2.76. The SMILES string of the molecule is CCC(C)NC(=O)c1ccc(CN=C(N)N2CCC(C)CC2)cc1. The molecule has 0 spiro atoms. The van der Waals surface area contributed by atoms with Crippen molar-refractivity contribution in [3.63, 3.8) is 0 Å². The van der Waals surface area contributed by atoms with E-state index in [4.69, 9.17) is 5.73 Å². The van der Waals surface area contributed by atoms with Crippen molar-refractivity contribution in [1.29, 1.82) is 0 Å². The summed E-state index contributed by atoms with van der Waals surface area (Å²) in [7, 11) is 0. The molecule has 24 heavy (non-hydrogen) atoms. The summed E-state index contributed by atoms with van der Waals surface area (Å²) < 4.78 is 0. The van der Waals surface area contributed by atoms with Gasteiger partial charge >= 0.3 is 0 Å². The lowest BCUT2D eigenvalue weighted by Crippen LogP contribution is -2.42. The zero-order chi connectivity index (χ0) is 17.5. The highest BCUT2D eigenvalue weighted by molar-refractivity contribution is 5.94. The van der Waals surface area contributed by atoms with Crippen LogP contribution < -0.4 is 11.1 Å². The van der Waals surface area contributed by atoms with Crippen molar-refractivity contribution < 1.29 is 4.79 Å². The van der Waals surface area contributed by atoms with Gasteiger partial charge in [-0.05, 0) is 49.8 Å². The van der Waals surface area contributed by atoms with E-state index in [-0.39, 0.29) is 11.9 Å². The van der Waals surface area contributed by atoms with Gasteiger partial charge in [-0.25, -0.2) is 4.99 Å². The Morgan fingerprint density at radius 2 is 1.96 bits per heavy atom. The first-order valence-electron chi connectivity index (χ1n) is 8.94. The highest BCUT2D eigenvalue weighted by Gasteiger charge is 2.16. The number of nitrogens with one attached hydrogen (secondary N) is 1. The van der Waals surface area contributed by atoms with Crippen LogP contribution in [0.1, 0.15) is 56.0 Å². The molecule has 0 saturated carbocycles. The average Bonchev–Trinajstić information content (AvgIpc) is 2.60. The summed E-state index contributed by atoms with van der Waals surface area (Å²) in [5.74, 6) is 1.38. The van der Waals surface area contributed by atoms with E-state index < -0.39 is 0 Å². The van der Waals surface area contributed by atoms with Gasteiger partial charge in [0.1, 0.15) is 0 Å². The molecule has 0 radical (unpaired) electrons. The van der Waals surface area contributed by atoms with Crippen LogP contribution in [0.4, 0.5) is 0 Å². The number of likely N-dealkylation sites (tertiary alicyclic amines) is 1. The number of guanidine groups is 1. The average molecular weight is 330 g/mol. The van der Waals surface area contributed by atoms with E-state index >= 15 is 0 Å². The van der Waals surface area contributed by atoms with Crippen LogP contribution in [-0.4, -0.2) is 35.9 Å². The first-order valence-corrected chi connectivity index (χ1v) is 8.94. The van der Waals surface area contributed by atoms with Crippen molar-refractivity contribution in [2.45, 2.75) is 52.6 Å². The van der Waals surface area contributed by atoms with Crippen molar-refractivity contribution in [1.82, 2.24) is 10.2 Å². The second-order valence-electron chi connectivity index (χ2n) is 6.82. The molecule has 0 aromatic heterocycles. The number of piperidine rings is 1. The Morgan fingerprint density at radius 1 is 1.33 bits per heavy atom. The summed E-state index contributed by atoms with van der Waals surface area (Å²) in [6, 6.07) is 7.78. The van der Waals surface area contributed by atoms with E-state index in [9.17, 15) is 4.79 Å². The molecule has 1 unspecified atom stereocenters. The molecule has 1 aromatic carbocycles. The van der Waals surface area contributed by atoms with E-state index in [1.807, 2.05) is 31.2 Å². The standard InChI is InChI=1S/C19H30N4O/c1-4-15(3)22-18(24)17-7-5-16(6-8-17)13-21-19(20)23-11-9-14(2)10-12-23/h5-8,14-15H,4,9-13H2,1-3H3,(H2,20,21)(H,22,24). The molecule has 1 heterocycles. The lowest BCUT2D eigenvalue weighted by molar-refractivity contribution is 0.0939. The molecule has 1 aliphatic heterocycles. The number of hydrogen-bond donors (Lipinski definition) is 2. The minimum atomic E-state index is -0.0265. The molecular formula is C19H30N4O. The lowest BCUT2D eigenvalue weighted by Gasteiger charge is -2.31. The molecule has 1 saturated heterocycles. The van der Waals surface area contributed by atoms with Crippen molar-refractivity contribution in [2.24, 2.45) is 16.6 Å².